The van der Waals surface area contributed by atoms with Gasteiger partial charge in [0.15, 0.2) is 0 Å². The number of likely N-dealkylation sites (N-methyl/N-ethyl adjacent to an activating group) is 1. The average Bonchev–Trinajstić information content (AvgIpc) is 2.90. The molecule has 10 heteroatoms. The van der Waals surface area contributed by atoms with Crippen molar-refractivity contribution in [2.75, 3.05) is 17.4 Å². The maximum atomic E-state index is 14.0. The molecule has 2 amide bonds. The number of carbonyl (C=O) groups excluding carboxylic acids is 2. The van der Waals surface area contributed by atoms with Crippen molar-refractivity contribution in [1.29, 1.82) is 0 Å². The molecule has 1 unspecified atom stereocenters. The summed E-state index contributed by atoms with van der Waals surface area (Å²) >= 11 is 12.7. The van der Waals surface area contributed by atoms with Crippen molar-refractivity contribution < 1.29 is 18.0 Å². The third-order valence-electron chi connectivity index (χ3n) is 6.28. The molecule has 0 radical (unpaired) electrons. The molecule has 0 heterocycles. The lowest BCUT2D eigenvalue weighted by atomic mass is 10.1. The predicted molar refractivity (Wildman–Crippen MR) is 157 cm³/mol. The number of aryl methyl sites for hydroxylation is 2. The summed E-state index contributed by atoms with van der Waals surface area (Å²) in [5.41, 5.74) is 2.82. The fraction of sp³-hybridized carbons (Fsp3) is 0.310. The minimum absolute atomic E-state index is 0.00204. The highest BCUT2D eigenvalue weighted by Crippen LogP contribution is 2.33. The number of carbonyl (C=O) groups is 2. The second kappa shape index (κ2) is 13.3. The van der Waals surface area contributed by atoms with Crippen LogP contribution in [0, 0.1) is 13.8 Å². The molecule has 39 heavy (non-hydrogen) atoms. The van der Waals surface area contributed by atoms with Crippen LogP contribution in [0.4, 0.5) is 5.69 Å². The Morgan fingerprint density at radius 3 is 2.05 bits per heavy atom. The molecule has 1 atom stereocenters. The van der Waals surface area contributed by atoms with Gasteiger partial charge in [-0.05, 0) is 63.1 Å². The van der Waals surface area contributed by atoms with Crippen LogP contribution < -0.4 is 9.62 Å². The van der Waals surface area contributed by atoms with Crippen molar-refractivity contribution in [3.63, 3.8) is 0 Å². The predicted octanol–water partition coefficient (Wildman–Crippen LogP) is 5.75. The molecule has 3 aromatic rings. The van der Waals surface area contributed by atoms with Gasteiger partial charge in [0, 0.05) is 18.1 Å². The molecule has 3 rings (SSSR count). The van der Waals surface area contributed by atoms with Gasteiger partial charge in [0.05, 0.1) is 15.6 Å². The lowest BCUT2D eigenvalue weighted by Crippen LogP contribution is -2.52. The van der Waals surface area contributed by atoms with E-state index in [1.165, 1.54) is 35.2 Å². The molecule has 0 saturated carbocycles. The fourth-order valence-electron chi connectivity index (χ4n) is 4.13. The van der Waals surface area contributed by atoms with Crippen LogP contribution in [0.25, 0.3) is 0 Å². The molecule has 0 fully saturated rings. The molecule has 0 bridgehead atoms. The van der Waals surface area contributed by atoms with Crippen LogP contribution in [0.5, 0.6) is 0 Å². The Morgan fingerprint density at radius 2 is 1.49 bits per heavy atom. The zero-order valence-corrected chi connectivity index (χ0v) is 24.8. The van der Waals surface area contributed by atoms with Gasteiger partial charge in [0.25, 0.3) is 10.0 Å². The molecule has 1 N–H and O–H groups in total. The maximum Gasteiger partial charge on any atom is 0.264 e. The van der Waals surface area contributed by atoms with Gasteiger partial charge in [-0.2, -0.15) is 0 Å². The minimum Gasteiger partial charge on any atom is -0.355 e. The number of hydrogen-bond acceptors (Lipinski definition) is 4. The molecule has 0 spiro atoms. The summed E-state index contributed by atoms with van der Waals surface area (Å²) in [5.74, 6) is -0.866. The SMILES string of the molecule is CCNC(=O)C(CC)N(Cc1ccc(C)cc1)C(=O)CN(c1cc(Cl)ccc1Cl)S(=O)(=O)c1ccc(C)cc1. The van der Waals surface area contributed by atoms with E-state index in [4.69, 9.17) is 23.2 Å². The van der Waals surface area contributed by atoms with Crippen molar-refractivity contribution in [2.24, 2.45) is 0 Å². The molecular formula is C29H33Cl2N3O4S. The van der Waals surface area contributed by atoms with E-state index in [9.17, 15) is 18.0 Å². The molecule has 208 valence electrons. The number of anilines is 1. The Morgan fingerprint density at radius 1 is 0.897 bits per heavy atom. The molecule has 0 aromatic heterocycles. The summed E-state index contributed by atoms with van der Waals surface area (Å²) in [6.07, 6.45) is 0.339. The standard InChI is InChI=1S/C29H33Cl2N3O4S/c1-5-26(29(36)32-6-2)33(18-22-11-7-20(3)8-12-22)28(35)19-34(27-17-23(30)13-16-25(27)31)39(37,38)24-14-9-21(4)10-15-24/h7-17,26H,5-6,18-19H2,1-4H3,(H,32,36). The van der Waals surface area contributed by atoms with Crippen LogP contribution in [0.15, 0.2) is 71.6 Å². The van der Waals surface area contributed by atoms with Crippen LogP contribution in [0.2, 0.25) is 10.0 Å². The summed E-state index contributed by atoms with van der Waals surface area (Å²) in [5, 5.41) is 3.16. The highest BCUT2D eigenvalue weighted by molar-refractivity contribution is 7.92. The largest absolute Gasteiger partial charge is 0.355 e. The van der Waals surface area contributed by atoms with Crippen molar-refractivity contribution in [1.82, 2.24) is 10.2 Å². The fourth-order valence-corrected chi connectivity index (χ4v) is 5.99. The van der Waals surface area contributed by atoms with Crippen molar-refractivity contribution in [3.8, 4) is 0 Å². The van der Waals surface area contributed by atoms with Crippen LogP contribution in [-0.2, 0) is 26.2 Å². The van der Waals surface area contributed by atoms with Gasteiger partial charge < -0.3 is 10.2 Å². The first-order chi connectivity index (χ1) is 18.5. The molecular weight excluding hydrogens is 557 g/mol. The summed E-state index contributed by atoms with van der Waals surface area (Å²) < 4.78 is 28.8. The molecule has 0 aliphatic carbocycles. The summed E-state index contributed by atoms with van der Waals surface area (Å²) in [7, 11) is -4.24. The van der Waals surface area contributed by atoms with E-state index >= 15 is 0 Å². The van der Waals surface area contributed by atoms with Gasteiger partial charge in [-0.15, -0.1) is 0 Å². The van der Waals surface area contributed by atoms with E-state index in [2.05, 4.69) is 5.32 Å². The number of hydrogen-bond donors (Lipinski definition) is 1. The van der Waals surface area contributed by atoms with Crippen LogP contribution in [-0.4, -0.2) is 44.3 Å². The van der Waals surface area contributed by atoms with Crippen LogP contribution in [0.3, 0.4) is 0 Å². The van der Waals surface area contributed by atoms with Gasteiger partial charge >= 0.3 is 0 Å². The normalized spacial score (nSPS) is 12.1. The first-order valence-electron chi connectivity index (χ1n) is 12.6. The van der Waals surface area contributed by atoms with E-state index in [1.54, 1.807) is 19.1 Å². The highest BCUT2D eigenvalue weighted by atomic mass is 35.5. The highest BCUT2D eigenvalue weighted by Gasteiger charge is 2.34. The number of amides is 2. The molecule has 0 aliphatic rings. The second-order valence-electron chi connectivity index (χ2n) is 9.25. The lowest BCUT2D eigenvalue weighted by molar-refractivity contribution is -0.140. The Bertz CT molecular complexity index is 1410. The molecule has 0 saturated heterocycles. The first-order valence-corrected chi connectivity index (χ1v) is 14.8. The smallest absolute Gasteiger partial charge is 0.264 e. The first kappa shape index (κ1) is 30.5. The van der Waals surface area contributed by atoms with E-state index in [1.807, 2.05) is 45.0 Å². The summed E-state index contributed by atoms with van der Waals surface area (Å²) in [4.78, 5) is 28.4. The Hall–Kier alpha value is -3.07. The van der Waals surface area contributed by atoms with Crippen molar-refractivity contribution in [2.45, 2.75) is 51.6 Å². The summed E-state index contributed by atoms with van der Waals surface area (Å²) in [6, 6.07) is 17.6. The third kappa shape index (κ3) is 7.53. The molecule has 3 aromatic carbocycles. The van der Waals surface area contributed by atoms with E-state index in [-0.39, 0.29) is 33.1 Å². The monoisotopic (exact) mass is 589 g/mol. The van der Waals surface area contributed by atoms with Crippen molar-refractivity contribution >= 4 is 50.7 Å². The van der Waals surface area contributed by atoms with Gasteiger partial charge in [-0.1, -0.05) is 77.7 Å². The van der Waals surface area contributed by atoms with Gasteiger partial charge in [-0.25, -0.2) is 8.42 Å². The van der Waals surface area contributed by atoms with Gasteiger partial charge in [-0.3, -0.25) is 13.9 Å². The van der Waals surface area contributed by atoms with E-state index in [0.29, 0.717) is 13.0 Å². The Labute approximate surface area is 240 Å². The second-order valence-corrected chi connectivity index (χ2v) is 12.0. The number of sulfonamides is 1. The van der Waals surface area contributed by atoms with E-state index in [0.717, 1.165) is 21.0 Å². The number of halogens is 2. The van der Waals surface area contributed by atoms with Crippen molar-refractivity contribution in [3.05, 3.63) is 93.5 Å². The Balaban J connectivity index is 2.10. The summed E-state index contributed by atoms with van der Waals surface area (Å²) in [6.45, 7) is 7.35. The number of nitrogens with zero attached hydrogens (tertiary/aromatic N) is 2. The average molecular weight is 591 g/mol. The van der Waals surface area contributed by atoms with Crippen LogP contribution >= 0.6 is 23.2 Å². The lowest BCUT2D eigenvalue weighted by Gasteiger charge is -2.33. The molecule has 0 aliphatic heterocycles. The van der Waals surface area contributed by atoms with Crippen LogP contribution in [0.1, 0.15) is 37.0 Å². The zero-order chi connectivity index (χ0) is 28.7. The molecule has 7 nitrogen and oxygen atoms in total. The quantitative estimate of drug-likeness (QED) is 0.308. The minimum atomic E-state index is -4.24. The maximum absolute atomic E-state index is 14.0. The van der Waals surface area contributed by atoms with Gasteiger partial charge in [0.1, 0.15) is 12.6 Å². The Kier molecular flexibility index (Phi) is 10.4. The van der Waals surface area contributed by atoms with E-state index < -0.39 is 28.5 Å². The zero-order valence-electron chi connectivity index (χ0n) is 22.4. The third-order valence-corrected chi connectivity index (χ3v) is 8.60. The topological polar surface area (TPSA) is 86.8 Å². The van der Waals surface area contributed by atoms with Gasteiger partial charge in [0.2, 0.25) is 11.8 Å². The number of benzene rings is 3. The number of rotatable bonds is 11. The number of nitrogens with one attached hydrogen (secondary N) is 1.